The fourth-order valence-electron chi connectivity index (χ4n) is 4.59. The quantitative estimate of drug-likeness (QED) is 0.463. The summed E-state index contributed by atoms with van der Waals surface area (Å²) in [5, 5.41) is 0. The highest BCUT2D eigenvalue weighted by Gasteiger charge is 2.43. The smallest absolute Gasteiger partial charge is 0.417 e. The van der Waals surface area contributed by atoms with Gasteiger partial charge < -0.3 is 23.9 Å². The number of benzene rings is 1. The number of esters is 1. The molecule has 10 heteroatoms. The highest BCUT2D eigenvalue weighted by atomic mass is 16.7. The number of cyclic esters (lactones) is 1. The SMILES string of the molecule is CCCCc1nc(CC(C(=O)N2C(=O)OC[C@@H]2C(C)C)c2ccc3c(c2)OCO3)c(C(=O)OC(C)(C)C)[nH]1. The van der Waals surface area contributed by atoms with Gasteiger partial charge in [0.25, 0.3) is 0 Å². The number of nitrogens with zero attached hydrogens (tertiary/aromatic N) is 2. The fraction of sp³-hybridized carbons (Fsp3) is 0.571. The van der Waals surface area contributed by atoms with Gasteiger partial charge in [0.2, 0.25) is 12.7 Å². The van der Waals surface area contributed by atoms with Crippen LogP contribution in [0.25, 0.3) is 0 Å². The maximum atomic E-state index is 14.1. The molecule has 1 unspecified atom stereocenters. The number of carbonyl (C=O) groups is 3. The molecule has 2 aliphatic rings. The Balaban J connectivity index is 1.75. The normalized spacial score (nSPS) is 17.6. The van der Waals surface area contributed by atoms with Crippen LogP contribution in [0.3, 0.4) is 0 Å². The highest BCUT2D eigenvalue weighted by Crippen LogP contribution is 2.37. The van der Waals surface area contributed by atoms with Gasteiger partial charge in [0.15, 0.2) is 11.5 Å². The summed E-state index contributed by atoms with van der Waals surface area (Å²) in [5.41, 5.74) is 0.540. The van der Waals surface area contributed by atoms with Gasteiger partial charge in [0.1, 0.15) is 23.7 Å². The molecule has 0 aliphatic carbocycles. The van der Waals surface area contributed by atoms with Gasteiger partial charge in [-0.15, -0.1) is 0 Å². The third kappa shape index (κ3) is 5.95. The van der Waals surface area contributed by atoms with Crippen molar-refractivity contribution in [3.05, 3.63) is 41.0 Å². The highest BCUT2D eigenvalue weighted by molar-refractivity contribution is 5.98. The second kappa shape index (κ2) is 11.0. The van der Waals surface area contributed by atoms with Crippen molar-refractivity contribution in [2.45, 2.75) is 84.8 Å². The molecule has 2 atom stereocenters. The molecule has 2 aliphatic heterocycles. The Hall–Kier alpha value is -3.56. The van der Waals surface area contributed by atoms with Crippen LogP contribution in [0.2, 0.25) is 0 Å². The lowest BCUT2D eigenvalue weighted by molar-refractivity contribution is -0.131. The van der Waals surface area contributed by atoms with E-state index in [1.54, 1.807) is 39.0 Å². The number of unbranched alkanes of at least 4 members (excludes halogenated alkanes) is 1. The summed E-state index contributed by atoms with van der Waals surface area (Å²) in [6, 6.07) is 4.87. The second-order valence-corrected chi connectivity index (χ2v) is 11.1. The largest absolute Gasteiger partial charge is 0.455 e. The van der Waals surface area contributed by atoms with Gasteiger partial charge in [-0.25, -0.2) is 19.5 Å². The van der Waals surface area contributed by atoms with Crippen molar-refractivity contribution >= 4 is 18.0 Å². The summed E-state index contributed by atoms with van der Waals surface area (Å²) < 4.78 is 21.9. The van der Waals surface area contributed by atoms with E-state index in [9.17, 15) is 14.4 Å². The lowest BCUT2D eigenvalue weighted by Crippen LogP contribution is -2.44. The minimum atomic E-state index is -0.833. The summed E-state index contributed by atoms with van der Waals surface area (Å²) in [7, 11) is 0. The van der Waals surface area contributed by atoms with Gasteiger partial charge in [-0.2, -0.15) is 0 Å². The van der Waals surface area contributed by atoms with E-state index in [1.807, 2.05) is 13.8 Å². The fourth-order valence-corrected chi connectivity index (χ4v) is 4.59. The van der Waals surface area contributed by atoms with Crippen molar-refractivity contribution in [2.75, 3.05) is 13.4 Å². The predicted octanol–water partition coefficient (Wildman–Crippen LogP) is 4.77. The number of imidazole rings is 1. The van der Waals surface area contributed by atoms with E-state index in [-0.39, 0.29) is 31.4 Å². The van der Waals surface area contributed by atoms with Crippen LogP contribution in [-0.4, -0.2) is 57.9 Å². The molecule has 0 radical (unpaired) electrons. The molecule has 1 fully saturated rings. The molecule has 0 saturated carbocycles. The zero-order valence-corrected chi connectivity index (χ0v) is 23.0. The zero-order valence-electron chi connectivity index (χ0n) is 23.0. The van der Waals surface area contributed by atoms with E-state index >= 15 is 0 Å². The third-order valence-corrected chi connectivity index (χ3v) is 6.61. The number of H-pyrrole nitrogens is 1. The van der Waals surface area contributed by atoms with Gasteiger partial charge in [0, 0.05) is 12.8 Å². The summed E-state index contributed by atoms with van der Waals surface area (Å²) in [6.45, 7) is 11.6. The maximum absolute atomic E-state index is 14.1. The number of carbonyl (C=O) groups excluding carboxylic acids is 3. The number of aromatic nitrogens is 2. The van der Waals surface area contributed by atoms with Crippen molar-refractivity contribution in [3.63, 3.8) is 0 Å². The van der Waals surface area contributed by atoms with Crippen LogP contribution in [0.1, 0.15) is 87.9 Å². The standard InChI is InChI=1S/C28H37N3O7/c1-7-8-9-23-29-19(24(30-23)26(33)38-28(4,5)6)13-18(17-10-11-21-22(12-17)37-15-36-21)25(32)31-20(16(2)3)14-35-27(31)34/h10-12,16,18,20H,7-9,13-15H2,1-6H3,(H,29,30)/t18?,20-/m1/s1. The first-order chi connectivity index (χ1) is 18.0. The van der Waals surface area contributed by atoms with Crippen molar-refractivity contribution in [1.29, 1.82) is 0 Å². The van der Waals surface area contributed by atoms with Crippen molar-refractivity contribution in [3.8, 4) is 11.5 Å². The Labute approximate surface area is 223 Å². The van der Waals surface area contributed by atoms with Crippen LogP contribution >= 0.6 is 0 Å². The van der Waals surface area contributed by atoms with Crippen LogP contribution < -0.4 is 9.47 Å². The summed E-state index contributed by atoms with van der Waals surface area (Å²) in [5.74, 6) is -0.0377. The van der Waals surface area contributed by atoms with E-state index < -0.39 is 35.5 Å². The molecule has 2 aromatic rings. The number of imide groups is 1. The molecule has 1 N–H and O–H groups in total. The van der Waals surface area contributed by atoms with E-state index in [4.69, 9.17) is 23.9 Å². The number of aryl methyl sites for hydroxylation is 1. The van der Waals surface area contributed by atoms with Crippen LogP contribution in [0.5, 0.6) is 11.5 Å². The van der Waals surface area contributed by atoms with Crippen LogP contribution in [0.15, 0.2) is 18.2 Å². The first-order valence-electron chi connectivity index (χ1n) is 13.2. The Morgan fingerprint density at radius 2 is 1.92 bits per heavy atom. The minimum absolute atomic E-state index is 0.00570. The van der Waals surface area contributed by atoms with E-state index in [0.717, 1.165) is 12.8 Å². The predicted molar refractivity (Wildman–Crippen MR) is 138 cm³/mol. The summed E-state index contributed by atoms with van der Waals surface area (Å²) >= 11 is 0. The molecule has 4 rings (SSSR count). The van der Waals surface area contributed by atoms with E-state index in [1.165, 1.54) is 4.90 Å². The summed E-state index contributed by atoms with van der Waals surface area (Å²) in [4.78, 5) is 49.0. The lowest BCUT2D eigenvalue weighted by Gasteiger charge is -2.27. The molecular weight excluding hydrogens is 490 g/mol. The van der Waals surface area contributed by atoms with Crippen molar-refractivity contribution < 1.29 is 33.3 Å². The molecule has 1 aromatic heterocycles. The van der Waals surface area contributed by atoms with Crippen LogP contribution in [0.4, 0.5) is 4.79 Å². The molecule has 38 heavy (non-hydrogen) atoms. The molecule has 206 valence electrons. The van der Waals surface area contributed by atoms with Crippen molar-refractivity contribution in [1.82, 2.24) is 14.9 Å². The second-order valence-electron chi connectivity index (χ2n) is 11.1. The number of aromatic amines is 1. The molecule has 2 amide bonds. The Morgan fingerprint density at radius 1 is 1.18 bits per heavy atom. The van der Waals surface area contributed by atoms with Gasteiger partial charge in [-0.05, 0) is 50.8 Å². The Morgan fingerprint density at radius 3 is 2.61 bits per heavy atom. The lowest BCUT2D eigenvalue weighted by atomic mass is 9.90. The molecule has 0 bridgehead atoms. The van der Waals surface area contributed by atoms with Crippen molar-refractivity contribution in [2.24, 2.45) is 5.92 Å². The maximum Gasteiger partial charge on any atom is 0.417 e. The Kier molecular flexibility index (Phi) is 7.99. The van der Waals surface area contributed by atoms with Gasteiger partial charge >= 0.3 is 12.1 Å². The number of fused-ring (bicyclic) bond motifs is 1. The molecule has 10 nitrogen and oxygen atoms in total. The van der Waals surface area contributed by atoms with Gasteiger partial charge in [-0.3, -0.25) is 4.79 Å². The first-order valence-corrected chi connectivity index (χ1v) is 13.2. The van der Waals surface area contributed by atoms with Crippen LogP contribution in [-0.2, 0) is 27.1 Å². The topological polar surface area (TPSA) is 120 Å². The summed E-state index contributed by atoms with van der Waals surface area (Å²) in [6.07, 6.45) is 1.91. The molecule has 1 saturated heterocycles. The number of rotatable bonds is 9. The zero-order chi connectivity index (χ0) is 27.6. The third-order valence-electron chi connectivity index (χ3n) is 6.61. The average Bonchev–Trinajstić information content (AvgIpc) is 3.57. The molecule has 3 heterocycles. The van der Waals surface area contributed by atoms with E-state index in [0.29, 0.717) is 35.0 Å². The van der Waals surface area contributed by atoms with Gasteiger partial charge in [0.05, 0.1) is 17.7 Å². The number of ether oxygens (including phenoxy) is 4. The molecule has 0 spiro atoms. The Bertz CT molecular complexity index is 1200. The number of nitrogens with one attached hydrogen (secondary N) is 1. The molecule has 1 aromatic carbocycles. The monoisotopic (exact) mass is 527 g/mol. The first kappa shape index (κ1) is 27.5. The van der Waals surface area contributed by atoms with E-state index in [2.05, 4.69) is 11.9 Å². The minimum Gasteiger partial charge on any atom is -0.455 e. The number of amides is 2. The number of hydrogen-bond acceptors (Lipinski definition) is 8. The van der Waals surface area contributed by atoms with Gasteiger partial charge in [-0.1, -0.05) is 33.3 Å². The molecular formula is C28H37N3O7. The van der Waals surface area contributed by atoms with Crippen LogP contribution in [0, 0.1) is 5.92 Å². The number of hydrogen-bond donors (Lipinski definition) is 1. The average molecular weight is 528 g/mol.